The molecule has 1 aromatic carbocycles. The molecule has 0 spiro atoms. The monoisotopic (exact) mass is 463 g/mol. The minimum Gasteiger partial charge on any atom is -0.357 e. The average Bonchev–Trinajstić information content (AvgIpc) is 3.61. The zero-order valence-corrected chi connectivity index (χ0v) is 19.5. The lowest BCUT2D eigenvalue weighted by atomic mass is 10.1. The van der Waals surface area contributed by atoms with Gasteiger partial charge in [-0.05, 0) is 57.0 Å². The van der Waals surface area contributed by atoms with Crippen LogP contribution < -0.4 is 5.32 Å². The molecule has 0 atom stereocenters. The van der Waals surface area contributed by atoms with Gasteiger partial charge in [0.25, 0.3) is 5.91 Å². The van der Waals surface area contributed by atoms with Crippen molar-refractivity contribution in [2.45, 2.75) is 32.1 Å². The second-order valence-corrected chi connectivity index (χ2v) is 9.66. The first kappa shape index (κ1) is 21.9. The molecular formula is C25H29N5O2S. The molecule has 2 N–H and O–H groups in total. The second-order valence-electron chi connectivity index (χ2n) is 8.81. The smallest absolute Gasteiger partial charge is 0.270 e. The van der Waals surface area contributed by atoms with Gasteiger partial charge in [0, 0.05) is 41.5 Å². The highest BCUT2D eigenvalue weighted by atomic mass is 32.1. The Bertz CT molecular complexity index is 1130. The summed E-state index contributed by atoms with van der Waals surface area (Å²) in [6.45, 7) is 4.11. The number of carbonyl (C=O) groups excluding carboxylic acids is 2. The van der Waals surface area contributed by atoms with Gasteiger partial charge in [-0.15, -0.1) is 11.3 Å². The van der Waals surface area contributed by atoms with E-state index in [-0.39, 0.29) is 11.8 Å². The number of nitrogens with zero attached hydrogens (tertiary/aromatic N) is 3. The molecule has 3 aromatic rings. The van der Waals surface area contributed by atoms with E-state index in [4.69, 9.17) is 4.98 Å². The highest BCUT2D eigenvalue weighted by Gasteiger charge is 2.21. The fourth-order valence-electron chi connectivity index (χ4n) is 4.55. The van der Waals surface area contributed by atoms with E-state index in [2.05, 4.69) is 15.2 Å². The minimum absolute atomic E-state index is 0.0244. The Hall–Kier alpha value is -2.97. The Kier molecular flexibility index (Phi) is 6.55. The summed E-state index contributed by atoms with van der Waals surface area (Å²) in [5.74, 6) is 0.0820. The van der Waals surface area contributed by atoms with Gasteiger partial charge in [-0.1, -0.05) is 18.6 Å². The number of carbonyl (C=O) groups is 2. The van der Waals surface area contributed by atoms with Crippen molar-refractivity contribution in [1.82, 2.24) is 19.8 Å². The molecule has 0 unspecified atom stereocenters. The van der Waals surface area contributed by atoms with E-state index in [1.54, 1.807) is 11.3 Å². The van der Waals surface area contributed by atoms with Crippen molar-refractivity contribution in [3.63, 3.8) is 0 Å². The van der Waals surface area contributed by atoms with Crippen LogP contribution in [0.15, 0.2) is 41.9 Å². The van der Waals surface area contributed by atoms with E-state index in [0.717, 1.165) is 66.5 Å². The average molecular weight is 464 g/mol. The summed E-state index contributed by atoms with van der Waals surface area (Å²) in [5, 5.41) is 5.91. The lowest BCUT2D eigenvalue weighted by Gasteiger charge is -2.25. The highest BCUT2D eigenvalue weighted by Crippen LogP contribution is 2.31. The first-order valence-electron chi connectivity index (χ1n) is 11.7. The number of likely N-dealkylation sites (tertiary alicyclic amines) is 2. The van der Waals surface area contributed by atoms with Gasteiger partial charge in [0.1, 0.15) is 10.7 Å². The van der Waals surface area contributed by atoms with E-state index in [1.165, 1.54) is 19.3 Å². The molecule has 7 nitrogen and oxygen atoms in total. The normalized spacial score (nSPS) is 16.8. The number of nitrogens with one attached hydrogen (secondary N) is 2. The van der Waals surface area contributed by atoms with Gasteiger partial charge in [0.15, 0.2) is 0 Å². The number of H-pyrrole nitrogens is 1. The first-order valence-corrected chi connectivity index (χ1v) is 12.6. The maximum Gasteiger partial charge on any atom is 0.270 e. The van der Waals surface area contributed by atoms with Crippen molar-refractivity contribution >= 4 is 28.8 Å². The third-order valence-electron chi connectivity index (χ3n) is 6.32. The fourth-order valence-corrected chi connectivity index (χ4v) is 5.37. The molecule has 2 aliphatic heterocycles. The summed E-state index contributed by atoms with van der Waals surface area (Å²) in [6.07, 6.45) is 7.60. The molecule has 33 heavy (non-hydrogen) atoms. The molecule has 8 heteroatoms. The number of hydrogen-bond donors (Lipinski definition) is 2. The zero-order chi connectivity index (χ0) is 22.6. The highest BCUT2D eigenvalue weighted by molar-refractivity contribution is 7.13. The molecule has 5 rings (SSSR count). The fraction of sp³-hybridized carbons (Fsp3) is 0.400. The summed E-state index contributed by atoms with van der Waals surface area (Å²) < 4.78 is 0. The van der Waals surface area contributed by atoms with E-state index in [0.29, 0.717) is 12.2 Å². The van der Waals surface area contributed by atoms with Gasteiger partial charge in [-0.2, -0.15) is 0 Å². The maximum absolute atomic E-state index is 12.6. The third-order valence-corrected chi connectivity index (χ3v) is 7.21. The molecule has 2 fully saturated rings. The van der Waals surface area contributed by atoms with Crippen LogP contribution in [0.2, 0.25) is 0 Å². The van der Waals surface area contributed by atoms with Crippen LogP contribution in [0.25, 0.3) is 21.8 Å². The lowest BCUT2D eigenvalue weighted by molar-refractivity contribution is -0.117. The van der Waals surface area contributed by atoms with Crippen LogP contribution in [-0.4, -0.2) is 64.3 Å². The van der Waals surface area contributed by atoms with Gasteiger partial charge >= 0.3 is 0 Å². The molecule has 2 aromatic heterocycles. The number of rotatable bonds is 6. The topological polar surface area (TPSA) is 81.3 Å². The van der Waals surface area contributed by atoms with E-state index in [1.807, 2.05) is 46.8 Å². The molecule has 0 aliphatic carbocycles. The summed E-state index contributed by atoms with van der Waals surface area (Å²) in [7, 11) is 0. The number of benzene rings is 1. The third kappa shape index (κ3) is 5.17. The summed E-state index contributed by atoms with van der Waals surface area (Å²) in [4.78, 5) is 37.1. The summed E-state index contributed by atoms with van der Waals surface area (Å²) in [5.41, 5.74) is 4.11. The quantitative estimate of drug-likeness (QED) is 0.565. The number of thiazole rings is 1. The SMILES string of the molecule is O=C(CN1CCCCC1)Nc1cccc(-c2nc(-c3c[nH]c(C(=O)N4CCCC4)c3)cs2)c1. The largest absolute Gasteiger partial charge is 0.357 e. The standard InChI is InChI=1S/C25H29N5O2S/c31-23(16-29-9-2-1-3-10-29)27-20-8-6-7-18(13-20)24-28-22(17-33-24)19-14-21(26-15-19)25(32)30-11-4-5-12-30/h6-8,13-15,17,26H,1-5,9-12,16H2,(H,27,31). The number of amides is 2. The Morgan fingerprint density at radius 3 is 2.61 bits per heavy atom. The van der Waals surface area contributed by atoms with Crippen molar-refractivity contribution in [3.05, 3.63) is 47.6 Å². The zero-order valence-electron chi connectivity index (χ0n) is 18.7. The van der Waals surface area contributed by atoms with Crippen LogP contribution >= 0.6 is 11.3 Å². The number of aromatic nitrogens is 2. The van der Waals surface area contributed by atoms with Gasteiger partial charge in [-0.3, -0.25) is 14.5 Å². The van der Waals surface area contributed by atoms with Crippen LogP contribution in [0.4, 0.5) is 5.69 Å². The Balaban J connectivity index is 1.25. The van der Waals surface area contributed by atoms with Crippen molar-refractivity contribution in [2.75, 3.05) is 38.0 Å². The van der Waals surface area contributed by atoms with Crippen LogP contribution in [0.5, 0.6) is 0 Å². The molecule has 172 valence electrons. The Labute approximate surface area is 197 Å². The van der Waals surface area contributed by atoms with Crippen molar-refractivity contribution in [2.24, 2.45) is 0 Å². The van der Waals surface area contributed by atoms with Gasteiger partial charge in [0.2, 0.25) is 5.91 Å². The molecule has 2 saturated heterocycles. The Morgan fingerprint density at radius 1 is 1.00 bits per heavy atom. The molecule has 0 saturated carbocycles. The number of aromatic amines is 1. The summed E-state index contributed by atoms with van der Waals surface area (Å²) in [6, 6.07) is 9.71. The molecule has 2 amide bonds. The van der Waals surface area contributed by atoms with E-state index >= 15 is 0 Å². The van der Waals surface area contributed by atoms with E-state index in [9.17, 15) is 9.59 Å². The van der Waals surface area contributed by atoms with Crippen LogP contribution in [0.3, 0.4) is 0 Å². The molecule has 0 bridgehead atoms. The number of piperidine rings is 1. The van der Waals surface area contributed by atoms with E-state index < -0.39 is 0 Å². The Morgan fingerprint density at radius 2 is 1.79 bits per heavy atom. The van der Waals surface area contributed by atoms with Crippen molar-refractivity contribution in [3.8, 4) is 21.8 Å². The van der Waals surface area contributed by atoms with Crippen molar-refractivity contribution < 1.29 is 9.59 Å². The van der Waals surface area contributed by atoms with Gasteiger partial charge in [-0.25, -0.2) is 4.98 Å². The number of anilines is 1. The minimum atomic E-state index is 0.0244. The molecular weight excluding hydrogens is 434 g/mol. The molecule has 2 aliphatic rings. The first-order chi connectivity index (χ1) is 16.2. The predicted octanol–water partition coefficient (Wildman–Crippen LogP) is 4.47. The summed E-state index contributed by atoms with van der Waals surface area (Å²) >= 11 is 1.56. The lowest BCUT2D eigenvalue weighted by Crippen LogP contribution is -2.36. The second kappa shape index (κ2) is 9.89. The predicted molar refractivity (Wildman–Crippen MR) is 131 cm³/mol. The van der Waals surface area contributed by atoms with Crippen LogP contribution in [0.1, 0.15) is 42.6 Å². The number of hydrogen-bond acceptors (Lipinski definition) is 5. The van der Waals surface area contributed by atoms with Gasteiger partial charge < -0.3 is 15.2 Å². The van der Waals surface area contributed by atoms with Crippen molar-refractivity contribution in [1.29, 1.82) is 0 Å². The molecule has 0 radical (unpaired) electrons. The maximum atomic E-state index is 12.6. The van der Waals surface area contributed by atoms with Crippen LogP contribution in [0, 0.1) is 0 Å². The van der Waals surface area contributed by atoms with Gasteiger partial charge in [0.05, 0.1) is 12.2 Å². The van der Waals surface area contributed by atoms with Crippen LogP contribution in [-0.2, 0) is 4.79 Å². The molecule has 4 heterocycles.